The SMILES string of the molecule is CCOC(=O)Cc1ccc(OC)c(-c2ccc(C)cc2CN(CC)/C(=N/C#N)Nc2ccccc2)c1. The second kappa shape index (κ2) is 13.0. The quantitative estimate of drug-likeness (QED) is 0.186. The van der Waals surface area contributed by atoms with E-state index in [1.54, 1.807) is 14.0 Å². The molecule has 0 spiro atoms. The molecule has 0 atom stereocenters. The number of para-hydroxylation sites is 1. The number of methoxy groups -OCH3 is 1. The Bertz CT molecular complexity index is 1250. The van der Waals surface area contributed by atoms with E-state index in [1.165, 1.54) is 0 Å². The van der Waals surface area contributed by atoms with E-state index in [0.29, 0.717) is 31.4 Å². The van der Waals surface area contributed by atoms with Gasteiger partial charge in [0.15, 0.2) is 0 Å². The zero-order chi connectivity index (χ0) is 25.9. The summed E-state index contributed by atoms with van der Waals surface area (Å²) in [6.45, 7) is 7.36. The van der Waals surface area contributed by atoms with Crippen molar-refractivity contribution in [2.45, 2.75) is 33.7 Å². The molecule has 0 heterocycles. The van der Waals surface area contributed by atoms with Gasteiger partial charge in [0, 0.05) is 24.3 Å². The molecule has 7 heteroatoms. The number of nitrogens with one attached hydrogen (secondary N) is 1. The molecule has 0 radical (unpaired) electrons. The zero-order valence-electron chi connectivity index (χ0n) is 21.2. The van der Waals surface area contributed by atoms with Gasteiger partial charge in [0.25, 0.3) is 0 Å². The van der Waals surface area contributed by atoms with Crippen LogP contribution in [0, 0.1) is 18.4 Å². The highest BCUT2D eigenvalue weighted by atomic mass is 16.5. The van der Waals surface area contributed by atoms with Crippen LogP contribution in [0.3, 0.4) is 0 Å². The van der Waals surface area contributed by atoms with Crippen molar-refractivity contribution in [1.29, 1.82) is 5.26 Å². The van der Waals surface area contributed by atoms with Gasteiger partial charge in [-0.25, -0.2) is 0 Å². The summed E-state index contributed by atoms with van der Waals surface area (Å²) < 4.78 is 10.8. The Morgan fingerprint density at radius 3 is 2.50 bits per heavy atom. The number of hydrogen-bond donors (Lipinski definition) is 1. The van der Waals surface area contributed by atoms with Crippen LogP contribution in [0.1, 0.15) is 30.5 Å². The highest BCUT2D eigenvalue weighted by molar-refractivity contribution is 5.94. The molecule has 0 bridgehead atoms. The summed E-state index contributed by atoms with van der Waals surface area (Å²) in [6, 6.07) is 21.6. The molecule has 186 valence electrons. The van der Waals surface area contributed by atoms with Crippen LogP contribution in [0.5, 0.6) is 5.75 Å². The first kappa shape index (κ1) is 26.3. The summed E-state index contributed by atoms with van der Waals surface area (Å²) in [5.41, 5.74) is 5.73. The van der Waals surface area contributed by atoms with Gasteiger partial charge in [-0.15, -0.1) is 4.99 Å². The number of anilines is 1. The molecule has 0 aliphatic rings. The van der Waals surface area contributed by atoms with Gasteiger partial charge < -0.3 is 19.7 Å². The number of rotatable bonds is 9. The maximum atomic E-state index is 12.1. The van der Waals surface area contributed by atoms with Gasteiger partial charge in [-0.3, -0.25) is 4.79 Å². The molecule has 36 heavy (non-hydrogen) atoms. The minimum absolute atomic E-state index is 0.188. The summed E-state index contributed by atoms with van der Waals surface area (Å²) in [7, 11) is 1.64. The molecule has 0 aliphatic carbocycles. The lowest BCUT2D eigenvalue weighted by molar-refractivity contribution is -0.142. The molecule has 0 aliphatic heterocycles. The number of nitrogens with zero attached hydrogens (tertiary/aromatic N) is 3. The number of hydrogen-bond acceptors (Lipinski definition) is 5. The average molecular weight is 485 g/mol. The highest BCUT2D eigenvalue weighted by Crippen LogP contribution is 2.35. The van der Waals surface area contributed by atoms with Crippen molar-refractivity contribution >= 4 is 17.6 Å². The van der Waals surface area contributed by atoms with Crippen molar-refractivity contribution in [1.82, 2.24) is 4.90 Å². The van der Waals surface area contributed by atoms with E-state index in [2.05, 4.69) is 28.5 Å². The Balaban J connectivity index is 2.00. The number of carbonyl (C=O) groups is 1. The maximum Gasteiger partial charge on any atom is 0.310 e. The van der Waals surface area contributed by atoms with Crippen molar-refractivity contribution in [3.05, 3.63) is 83.4 Å². The van der Waals surface area contributed by atoms with Crippen molar-refractivity contribution in [2.24, 2.45) is 4.99 Å². The smallest absolute Gasteiger partial charge is 0.310 e. The first-order valence-electron chi connectivity index (χ1n) is 11.9. The Hall–Kier alpha value is -4.31. The fourth-order valence-corrected chi connectivity index (χ4v) is 3.99. The molecular formula is C29H32N4O3. The van der Waals surface area contributed by atoms with Crippen molar-refractivity contribution in [3.63, 3.8) is 0 Å². The third-order valence-corrected chi connectivity index (χ3v) is 5.70. The Morgan fingerprint density at radius 2 is 1.83 bits per heavy atom. The van der Waals surface area contributed by atoms with Crippen LogP contribution in [-0.4, -0.2) is 37.1 Å². The van der Waals surface area contributed by atoms with Gasteiger partial charge >= 0.3 is 5.97 Å². The molecule has 7 nitrogen and oxygen atoms in total. The lowest BCUT2D eigenvalue weighted by Gasteiger charge is -2.26. The average Bonchev–Trinajstić information content (AvgIpc) is 2.88. The lowest BCUT2D eigenvalue weighted by Crippen LogP contribution is -2.36. The van der Waals surface area contributed by atoms with Crippen molar-refractivity contribution < 1.29 is 14.3 Å². The van der Waals surface area contributed by atoms with Crippen LogP contribution in [0.25, 0.3) is 11.1 Å². The Morgan fingerprint density at radius 1 is 1.06 bits per heavy atom. The number of nitriles is 1. The van der Waals surface area contributed by atoms with Gasteiger partial charge in [-0.05, 0) is 61.7 Å². The lowest BCUT2D eigenvalue weighted by atomic mass is 9.94. The maximum absolute atomic E-state index is 12.1. The zero-order valence-corrected chi connectivity index (χ0v) is 21.2. The van der Waals surface area contributed by atoms with Gasteiger partial charge in [-0.1, -0.05) is 48.0 Å². The van der Waals surface area contributed by atoms with Crippen molar-refractivity contribution in [3.8, 4) is 23.1 Å². The molecule has 0 saturated carbocycles. The molecule has 0 amide bonds. The summed E-state index contributed by atoms with van der Waals surface area (Å²) in [5.74, 6) is 0.921. The fraction of sp³-hybridized carbons (Fsp3) is 0.276. The summed E-state index contributed by atoms with van der Waals surface area (Å²) in [5, 5.41) is 12.6. The summed E-state index contributed by atoms with van der Waals surface area (Å²) >= 11 is 0. The largest absolute Gasteiger partial charge is 0.496 e. The van der Waals surface area contributed by atoms with E-state index in [4.69, 9.17) is 9.47 Å². The third-order valence-electron chi connectivity index (χ3n) is 5.70. The summed E-state index contributed by atoms with van der Waals surface area (Å²) in [6.07, 6.45) is 2.11. The number of guanidine groups is 1. The van der Waals surface area contributed by atoms with Crippen LogP contribution in [0.15, 0.2) is 71.7 Å². The normalized spacial score (nSPS) is 10.9. The third kappa shape index (κ3) is 6.86. The van der Waals surface area contributed by atoms with Crippen LogP contribution in [-0.2, 0) is 22.5 Å². The summed E-state index contributed by atoms with van der Waals surface area (Å²) in [4.78, 5) is 18.2. The molecule has 0 unspecified atom stereocenters. The molecular weight excluding hydrogens is 452 g/mol. The number of carbonyl (C=O) groups excluding carboxylic acids is 1. The molecule has 0 aromatic heterocycles. The van der Waals surface area contributed by atoms with E-state index < -0.39 is 0 Å². The predicted octanol–water partition coefficient (Wildman–Crippen LogP) is 5.55. The Kier molecular flexibility index (Phi) is 9.47. The fourth-order valence-electron chi connectivity index (χ4n) is 3.99. The number of ether oxygens (including phenoxy) is 2. The molecule has 0 fully saturated rings. The highest BCUT2D eigenvalue weighted by Gasteiger charge is 2.17. The first-order chi connectivity index (χ1) is 17.5. The Labute approximate surface area is 213 Å². The van der Waals surface area contributed by atoms with Gasteiger partial charge in [0.1, 0.15) is 5.75 Å². The second-order valence-corrected chi connectivity index (χ2v) is 8.22. The minimum Gasteiger partial charge on any atom is -0.496 e. The molecule has 1 N–H and O–H groups in total. The van der Waals surface area contributed by atoms with E-state index in [-0.39, 0.29) is 12.4 Å². The number of benzene rings is 3. The molecule has 3 aromatic carbocycles. The number of esters is 1. The molecule has 3 aromatic rings. The van der Waals surface area contributed by atoms with Gasteiger partial charge in [0.2, 0.25) is 12.2 Å². The van der Waals surface area contributed by atoms with E-state index in [0.717, 1.165) is 33.5 Å². The van der Waals surface area contributed by atoms with Gasteiger partial charge in [0.05, 0.1) is 20.1 Å². The van der Waals surface area contributed by atoms with Gasteiger partial charge in [-0.2, -0.15) is 5.26 Å². The number of aryl methyl sites for hydroxylation is 1. The van der Waals surface area contributed by atoms with Crippen LogP contribution in [0.4, 0.5) is 5.69 Å². The predicted molar refractivity (Wildman–Crippen MR) is 143 cm³/mol. The van der Waals surface area contributed by atoms with Crippen LogP contribution in [0.2, 0.25) is 0 Å². The monoisotopic (exact) mass is 484 g/mol. The molecule has 3 rings (SSSR count). The van der Waals surface area contributed by atoms with E-state index in [1.807, 2.05) is 73.5 Å². The first-order valence-corrected chi connectivity index (χ1v) is 11.9. The van der Waals surface area contributed by atoms with Crippen LogP contribution >= 0.6 is 0 Å². The second-order valence-electron chi connectivity index (χ2n) is 8.22. The van der Waals surface area contributed by atoms with Crippen molar-refractivity contribution in [2.75, 3.05) is 25.6 Å². The van der Waals surface area contributed by atoms with E-state index >= 15 is 0 Å². The molecule has 0 saturated heterocycles. The standard InChI is InChI=1S/C29H32N4O3/c1-5-33(29(31-20-30)32-24-10-8-7-9-11-24)19-23-16-21(3)12-14-25(23)26-17-22(13-15-27(26)35-4)18-28(34)36-6-2/h7-17H,5-6,18-19H2,1-4H3,(H,31,32). The number of aliphatic imine (C=N–C) groups is 1. The topological polar surface area (TPSA) is 87.0 Å². The van der Waals surface area contributed by atoms with E-state index in [9.17, 15) is 10.1 Å². The minimum atomic E-state index is -0.265. The van der Waals surface area contributed by atoms with Crippen LogP contribution < -0.4 is 10.1 Å².